The van der Waals surface area contributed by atoms with Crippen molar-refractivity contribution >= 4 is 16.7 Å². The van der Waals surface area contributed by atoms with Gasteiger partial charge in [0.1, 0.15) is 29.9 Å². The Hall–Kier alpha value is -1.78. The maximum atomic E-state index is 10.1. The molecule has 2 heterocycles. The minimum atomic E-state index is -1.47. The number of nitrogens with zero attached hydrogens (tertiary/aromatic N) is 3. The van der Waals surface area contributed by atoms with Crippen LogP contribution in [0.2, 0.25) is 0 Å². The number of aliphatic hydroxyl groups excluding tert-OH is 4. The van der Waals surface area contributed by atoms with Crippen LogP contribution in [0, 0.1) is 0 Å². The van der Waals surface area contributed by atoms with E-state index in [1.165, 1.54) is 4.68 Å². The van der Waals surface area contributed by atoms with Crippen LogP contribution in [0.15, 0.2) is 18.2 Å². The van der Waals surface area contributed by atoms with E-state index in [0.717, 1.165) is 0 Å². The van der Waals surface area contributed by atoms with Crippen molar-refractivity contribution in [1.82, 2.24) is 15.0 Å². The van der Waals surface area contributed by atoms with Crippen LogP contribution in [0.1, 0.15) is 6.23 Å². The van der Waals surface area contributed by atoms with Crippen molar-refractivity contribution in [2.75, 3.05) is 12.3 Å². The summed E-state index contributed by atoms with van der Waals surface area (Å²) < 4.78 is 6.70. The number of aliphatic hydroxyl groups is 4. The van der Waals surface area contributed by atoms with Crippen LogP contribution in [0.25, 0.3) is 11.0 Å². The van der Waals surface area contributed by atoms with Gasteiger partial charge in [-0.05, 0) is 12.1 Å². The normalized spacial score (nSPS) is 33.4. The fraction of sp³-hybridized carbons (Fsp3) is 0.500. The Morgan fingerprint density at radius 3 is 2.67 bits per heavy atom. The van der Waals surface area contributed by atoms with Crippen molar-refractivity contribution in [1.29, 1.82) is 0 Å². The summed E-state index contributed by atoms with van der Waals surface area (Å²) in [7, 11) is 0. The van der Waals surface area contributed by atoms with Crippen LogP contribution in [-0.2, 0) is 4.74 Å². The van der Waals surface area contributed by atoms with E-state index in [1.807, 2.05) is 0 Å². The molecule has 5 atom stereocenters. The van der Waals surface area contributed by atoms with E-state index in [9.17, 15) is 20.4 Å². The SMILES string of the molecule is Nc1cccc2c1nnn2[C@H]1O[C@@H](CO)[C@@H](O)[C@@H](O)[C@@H]1O. The molecule has 0 spiro atoms. The Balaban J connectivity index is 2.03. The van der Waals surface area contributed by atoms with Gasteiger partial charge in [0.25, 0.3) is 0 Å². The van der Waals surface area contributed by atoms with Crippen molar-refractivity contribution < 1.29 is 25.2 Å². The number of hydrogen-bond donors (Lipinski definition) is 5. The molecule has 9 heteroatoms. The van der Waals surface area contributed by atoms with E-state index in [0.29, 0.717) is 16.7 Å². The third-order valence-electron chi connectivity index (χ3n) is 3.64. The average molecular weight is 296 g/mol. The molecule has 0 saturated carbocycles. The maximum absolute atomic E-state index is 10.1. The van der Waals surface area contributed by atoms with E-state index in [1.54, 1.807) is 18.2 Å². The lowest BCUT2D eigenvalue weighted by atomic mass is 9.98. The minimum Gasteiger partial charge on any atom is -0.397 e. The molecule has 1 fully saturated rings. The molecule has 114 valence electrons. The lowest BCUT2D eigenvalue weighted by Crippen LogP contribution is -2.56. The zero-order chi connectivity index (χ0) is 15.1. The molecule has 0 unspecified atom stereocenters. The van der Waals surface area contributed by atoms with Crippen molar-refractivity contribution in [2.45, 2.75) is 30.6 Å². The number of nitrogens with two attached hydrogens (primary N) is 1. The Kier molecular flexibility index (Phi) is 3.51. The highest BCUT2D eigenvalue weighted by molar-refractivity contribution is 5.86. The van der Waals surface area contributed by atoms with Crippen molar-refractivity contribution in [3.05, 3.63) is 18.2 Å². The fourth-order valence-electron chi connectivity index (χ4n) is 2.46. The van der Waals surface area contributed by atoms with Crippen molar-refractivity contribution in [2.24, 2.45) is 0 Å². The van der Waals surface area contributed by atoms with Gasteiger partial charge < -0.3 is 30.9 Å². The quantitative estimate of drug-likeness (QED) is 0.399. The Morgan fingerprint density at radius 2 is 1.95 bits per heavy atom. The first kappa shape index (κ1) is 14.2. The molecule has 1 saturated heterocycles. The number of ether oxygens (including phenoxy) is 1. The van der Waals surface area contributed by atoms with E-state index in [4.69, 9.17) is 10.5 Å². The molecule has 0 radical (unpaired) electrons. The van der Waals surface area contributed by atoms with E-state index >= 15 is 0 Å². The lowest BCUT2D eigenvalue weighted by Gasteiger charge is -2.39. The zero-order valence-electron chi connectivity index (χ0n) is 10.9. The average Bonchev–Trinajstić information content (AvgIpc) is 2.91. The van der Waals surface area contributed by atoms with E-state index in [2.05, 4.69) is 10.3 Å². The van der Waals surface area contributed by atoms with Gasteiger partial charge in [0, 0.05) is 0 Å². The molecule has 6 N–H and O–H groups in total. The number of rotatable bonds is 2. The van der Waals surface area contributed by atoms with E-state index < -0.39 is 37.3 Å². The number of hydrogen-bond acceptors (Lipinski definition) is 8. The highest BCUT2D eigenvalue weighted by atomic mass is 16.6. The van der Waals surface area contributed by atoms with Gasteiger partial charge in [-0.2, -0.15) is 0 Å². The van der Waals surface area contributed by atoms with Crippen LogP contribution in [0.3, 0.4) is 0 Å². The maximum Gasteiger partial charge on any atom is 0.181 e. The largest absolute Gasteiger partial charge is 0.397 e. The predicted molar refractivity (Wildman–Crippen MR) is 71.0 cm³/mol. The van der Waals surface area contributed by atoms with Crippen LogP contribution in [0.4, 0.5) is 5.69 Å². The van der Waals surface area contributed by atoms with Gasteiger partial charge in [-0.1, -0.05) is 11.3 Å². The summed E-state index contributed by atoms with van der Waals surface area (Å²) in [5, 5.41) is 46.7. The predicted octanol–water partition coefficient (Wildman–Crippen LogP) is -2.01. The number of benzene rings is 1. The molecule has 0 amide bonds. The van der Waals surface area contributed by atoms with Gasteiger partial charge in [-0.3, -0.25) is 0 Å². The molecule has 3 rings (SSSR count). The summed E-state index contributed by atoms with van der Waals surface area (Å²) in [5.41, 5.74) is 7.16. The standard InChI is InChI=1S/C12H16N4O5/c13-5-2-1-3-6-8(5)14-15-16(6)12-11(20)10(19)9(18)7(4-17)21-12/h1-3,7,9-12,17-20H,4,13H2/t7-,9+,10+,11-,12-/m0/s1. The first-order valence-electron chi connectivity index (χ1n) is 6.44. The Bertz CT molecular complexity index is 646. The third kappa shape index (κ3) is 2.15. The molecular weight excluding hydrogens is 280 g/mol. The number of nitrogen functional groups attached to an aromatic ring is 1. The molecule has 9 nitrogen and oxygen atoms in total. The first-order valence-corrected chi connectivity index (χ1v) is 6.44. The topological polar surface area (TPSA) is 147 Å². The molecule has 2 aromatic rings. The molecule has 0 bridgehead atoms. The van der Waals surface area contributed by atoms with Crippen LogP contribution in [0.5, 0.6) is 0 Å². The summed E-state index contributed by atoms with van der Waals surface area (Å²) in [6.45, 7) is -0.504. The second-order valence-electron chi connectivity index (χ2n) is 4.97. The van der Waals surface area contributed by atoms with Crippen LogP contribution >= 0.6 is 0 Å². The molecule has 0 aliphatic carbocycles. The molecule has 1 aromatic heterocycles. The molecule has 1 aliphatic heterocycles. The number of fused-ring (bicyclic) bond motifs is 1. The fourth-order valence-corrected chi connectivity index (χ4v) is 2.46. The Morgan fingerprint density at radius 1 is 1.19 bits per heavy atom. The van der Waals surface area contributed by atoms with Crippen LogP contribution in [-0.4, -0.2) is 66.4 Å². The highest BCUT2D eigenvalue weighted by Crippen LogP contribution is 2.30. The van der Waals surface area contributed by atoms with Crippen LogP contribution < -0.4 is 5.73 Å². The summed E-state index contributed by atoms with van der Waals surface area (Å²) in [6.07, 6.45) is -6.41. The molecular formula is C12H16N4O5. The third-order valence-corrected chi connectivity index (χ3v) is 3.64. The van der Waals surface area contributed by atoms with Gasteiger partial charge in [0.2, 0.25) is 0 Å². The Labute approximate surface area is 119 Å². The number of anilines is 1. The second-order valence-corrected chi connectivity index (χ2v) is 4.97. The number of aromatic nitrogens is 3. The van der Waals surface area contributed by atoms with Gasteiger partial charge in [0.05, 0.1) is 17.8 Å². The van der Waals surface area contributed by atoms with Crippen molar-refractivity contribution in [3.63, 3.8) is 0 Å². The van der Waals surface area contributed by atoms with E-state index in [-0.39, 0.29) is 0 Å². The summed E-state index contributed by atoms with van der Waals surface area (Å²) in [4.78, 5) is 0. The summed E-state index contributed by atoms with van der Waals surface area (Å²) in [6, 6.07) is 5.04. The first-order chi connectivity index (χ1) is 10.0. The summed E-state index contributed by atoms with van der Waals surface area (Å²) in [5.74, 6) is 0. The second kappa shape index (κ2) is 5.20. The highest BCUT2D eigenvalue weighted by Gasteiger charge is 2.45. The minimum absolute atomic E-state index is 0.420. The lowest BCUT2D eigenvalue weighted by molar-refractivity contribution is -0.253. The molecule has 21 heavy (non-hydrogen) atoms. The smallest absolute Gasteiger partial charge is 0.181 e. The molecule has 1 aliphatic rings. The van der Waals surface area contributed by atoms with Gasteiger partial charge in [-0.25, -0.2) is 4.68 Å². The van der Waals surface area contributed by atoms with Crippen molar-refractivity contribution in [3.8, 4) is 0 Å². The van der Waals surface area contributed by atoms with Gasteiger partial charge in [0.15, 0.2) is 6.23 Å². The molecule has 1 aromatic carbocycles. The monoisotopic (exact) mass is 296 g/mol. The summed E-state index contributed by atoms with van der Waals surface area (Å²) >= 11 is 0. The zero-order valence-corrected chi connectivity index (χ0v) is 10.9. The van der Waals surface area contributed by atoms with Gasteiger partial charge in [-0.15, -0.1) is 5.10 Å². The van der Waals surface area contributed by atoms with Gasteiger partial charge >= 0.3 is 0 Å².